The number of halogens is 3. The smallest absolute Gasteiger partial charge is 0.265 e. The second kappa shape index (κ2) is 5.95. The van der Waals surface area contributed by atoms with Crippen molar-refractivity contribution in [3.8, 4) is 0 Å². The van der Waals surface area contributed by atoms with Crippen molar-refractivity contribution in [2.75, 3.05) is 11.1 Å². The van der Waals surface area contributed by atoms with Crippen LogP contribution in [0.3, 0.4) is 0 Å². The number of benzene rings is 1. The summed E-state index contributed by atoms with van der Waals surface area (Å²) in [5.74, 6) is -0.187. The molecule has 0 saturated heterocycles. The minimum atomic E-state index is -0.187. The van der Waals surface area contributed by atoms with Gasteiger partial charge in [0.1, 0.15) is 0 Å². The van der Waals surface area contributed by atoms with Crippen molar-refractivity contribution in [2.45, 2.75) is 6.92 Å². The molecule has 3 N–H and O–H groups in total. The second-order valence-corrected chi connectivity index (χ2v) is 7.98. The number of amides is 1. The third-order valence-corrected chi connectivity index (χ3v) is 6.25. The van der Waals surface area contributed by atoms with Crippen molar-refractivity contribution in [1.82, 2.24) is 0 Å². The fourth-order valence-electron chi connectivity index (χ4n) is 1.53. The number of aryl methyl sites for hydroxylation is 1. The maximum absolute atomic E-state index is 12.2. The summed E-state index contributed by atoms with van der Waals surface area (Å²) in [5.41, 5.74) is 8.09. The van der Waals surface area contributed by atoms with Crippen molar-refractivity contribution in [3.05, 3.63) is 41.4 Å². The van der Waals surface area contributed by atoms with Crippen LogP contribution in [0.1, 0.15) is 15.2 Å². The molecule has 2 rings (SSSR count). The quantitative estimate of drug-likeness (QED) is 0.597. The molecule has 0 aliphatic heterocycles. The van der Waals surface area contributed by atoms with Gasteiger partial charge in [0.15, 0.2) is 0 Å². The van der Waals surface area contributed by atoms with E-state index in [4.69, 9.17) is 5.73 Å². The molecule has 0 aliphatic carbocycles. The van der Waals surface area contributed by atoms with Crippen LogP contribution in [0.25, 0.3) is 0 Å². The summed E-state index contributed by atoms with van der Waals surface area (Å²) in [7, 11) is 0. The van der Waals surface area contributed by atoms with Crippen molar-refractivity contribution < 1.29 is 4.79 Å². The number of nitrogens with two attached hydrogens (primary N) is 1. The van der Waals surface area contributed by atoms with Crippen molar-refractivity contribution >= 4 is 76.4 Å². The third kappa shape index (κ3) is 3.39. The highest BCUT2D eigenvalue weighted by Crippen LogP contribution is 2.34. The Bertz CT molecular complexity index is 612. The molecule has 0 aliphatic rings. The summed E-state index contributed by atoms with van der Waals surface area (Å²) >= 11 is 11.5. The zero-order valence-corrected chi connectivity index (χ0v) is 15.3. The van der Waals surface area contributed by atoms with Crippen LogP contribution >= 0.6 is 59.1 Å². The molecule has 0 spiro atoms. The number of hydrogen-bond donors (Lipinski definition) is 2. The number of hydrogen-bond acceptors (Lipinski definition) is 3. The minimum Gasteiger partial charge on any atom is -0.397 e. The Morgan fingerprint density at radius 1 is 1.21 bits per heavy atom. The number of anilines is 2. The van der Waals surface area contributed by atoms with Gasteiger partial charge in [-0.25, -0.2) is 0 Å². The van der Waals surface area contributed by atoms with E-state index in [2.05, 4.69) is 53.1 Å². The Kier molecular flexibility index (Phi) is 4.70. The Labute approximate surface area is 140 Å². The highest BCUT2D eigenvalue weighted by molar-refractivity contribution is 9.13. The fourth-order valence-corrected chi connectivity index (χ4v) is 4.15. The molecule has 0 unspecified atom stereocenters. The van der Waals surface area contributed by atoms with E-state index >= 15 is 0 Å². The van der Waals surface area contributed by atoms with Crippen LogP contribution in [0.2, 0.25) is 0 Å². The molecule has 0 fully saturated rings. The van der Waals surface area contributed by atoms with Gasteiger partial charge in [-0.2, -0.15) is 0 Å². The molecule has 2 aromatic rings. The molecule has 0 atom stereocenters. The lowest BCUT2D eigenvalue weighted by Gasteiger charge is -2.10. The summed E-state index contributed by atoms with van der Waals surface area (Å²) in [4.78, 5) is 12.8. The molecule has 19 heavy (non-hydrogen) atoms. The van der Waals surface area contributed by atoms with Gasteiger partial charge in [0, 0.05) is 8.95 Å². The van der Waals surface area contributed by atoms with Gasteiger partial charge in [0.25, 0.3) is 5.91 Å². The Morgan fingerprint density at radius 2 is 1.89 bits per heavy atom. The molecule has 0 bridgehead atoms. The van der Waals surface area contributed by atoms with E-state index in [-0.39, 0.29) is 5.91 Å². The first-order chi connectivity index (χ1) is 8.88. The maximum Gasteiger partial charge on any atom is 0.265 e. The van der Waals surface area contributed by atoms with E-state index in [1.165, 1.54) is 11.3 Å². The average Bonchev–Trinajstić information content (AvgIpc) is 2.64. The predicted molar refractivity (Wildman–Crippen MR) is 91.0 cm³/mol. The van der Waals surface area contributed by atoms with E-state index in [0.29, 0.717) is 16.3 Å². The van der Waals surface area contributed by atoms with Crippen LogP contribution in [-0.2, 0) is 0 Å². The molecular weight excluding hydrogens is 460 g/mol. The molecule has 1 heterocycles. The highest BCUT2D eigenvalue weighted by atomic mass is 79.9. The standard InChI is InChI=1S/C12H9Br3N2OS/c1-5-2-6(13)10(8(16)3-5)17-12(18)9-4-7(14)11(15)19-9/h2-4H,16H2,1H3,(H,17,18). The summed E-state index contributed by atoms with van der Waals surface area (Å²) < 4.78 is 2.51. The first kappa shape index (κ1) is 15.0. The van der Waals surface area contributed by atoms with Gasteiger partial charge in [0.2, 0.25) is 0 Å². The van der Waals surface area contributed by atoms with E-state index in [1.807, 2.05) is 19.1 Å². The molecule has 7 heteroatoms. The van der Waals surface area contributed by atoms with Gasteiger partial charge >= 0.3 is 0 Å². The van der Waals surface area contributed by atoms with Gasteiger partial charge in [-0.15, -0.1) is 11.3 Å². The predicted octanol–water partition coefficient (Wildman–Crippen LogP) is 5.18. The topological polar surface area (TPSA) is 55.1 Å². The van der Waals surface area contributed by atoms with Gasteiger partial charge in [-0.1, -0.05) is 0 Å². The largest absolute Gasteiger partial charge is 0.397 e. The Hall–Kier alpha value is -0.370. The summed E-state index contributed by atoms with van der Waals surface area (Å²) in [6.07, 6.45) is 0. The molecular formula is C12H9Br3N2OS. The van der Waals surface area contributed by atoms with Crippen LogP contribution in [0.15, 0.2) is 30.9 Å². The number of rotatable bonds is 2. The molecule has 1 amide bonds. The Morgan fingerprint density at radius 3 is 2.42 bits per heavy atom. The van der Waals surface area contributed by atoms with Crippen molar-refractivity contribution in [3.63, 3.8) is 0 Å². The zero-order valence-electron chi connectivity index (χ0n) is 9.76. The van der Waals surface area contributed by atoms with E-state index in [0.717, 1.165) is 18.3 Å². The monoisotopic (exact) mass is 466 g/mol. The highest BCUT2D eigenvalue weighted by Gasteiger charge is 2.15. The molecule has 0 saturated carbocycles. The SMILES string of the molecule is Cc1cc(N)c(NC(=O)c2cc(Br)c(Br)s2)c(Br)c1. The molecule has 1 aromatic carbocycles. The number of carbonyl (C=O) groups excluding carboxylic acids is 1. The van der Waals surface area contributed by atoms with Crippen molar-refractivity contribution in [1.29, 1.82) is 0 Å². The second-order valence-electron chi connectivity index (χ2n) is 3.90. The van der Waals surface area contributed by atoms with Crippen molar-refractivity contribution in [2.24, 2.45) is 0 Å². The fraction of sp³-hybridized carbons (Fsp3) is 0.0833. The zero-order chi connectivity index (χ0) is 14.2. The lowest BCUT2D eigenvalue weighted by molar-refractivity contribution is 0.103. The van der Waals surface area contributed by atoms with Gasteiger partial charge in [0.05, 0.1) is 20.0 Å². The van der Waals surface area contributed by atoms with Crippen LogP contribution in [0.5, 0.6) is 0 Å². The number of thiophene rings is 1. The molecule has 3 nitrogen and oxygen atoms in total. The normalized spacial score (nSPS) is 10.5. The summed E-state index contributed by atoms with van der Waals surface area (Å²) in [5, 5.41) is 2.82. The molecule has 0 radical (unpaired) electrons. The summed E-state index contributed by atoms with van der Waals surface area (Å²) in [6, 6.07) is 5.50. The summed E-state index contributed by atoms with van der Waals surface area (Å²) in [6.45, 7) is 1.94. The van der Waals surface area contributed by atoms with Gasteiger partial charge in [-0.05, 0) is 78.5 Å². The maximum atomic E-state index is 12.2. The average molecular weight is 469 g/mol. The lowest BCUT2D eigenvalue weighted by Crippen LogP contribution is -2.12. The minimum absolute atomic E-state index is 0.187. The number of carbonyl (C=O) groups is 1. The van der Waals surface area contributed by atoms with Crippen LogP contribution in [0.4, 0.5) is 11.4 Å². The number of nitrogen functional groups attached to an aromatic ring is 1. The number of nitrogens with one attached hydrogen (secondary N) is 1. The van der Waals surface area contributed by atoms with E-state index in [9.17, 15) is 4.79 Å². The van der Waals surface area contributed by atoms with E-state index < -0.39 is 0 Å². The molecule has 1 aromatic heterocycles. The Balaban J connectivity index is 2.29. The first-order valence-corrected chi connectivity index (χ1v) is 8.40. The molecule has 100 valence electrons. The van der Waals surface area contributed by atoms with Gasteiger partial charge < -0.3 is 11.1 Å². The van der Waals surface area contributed by atoms with Crippen LogP contribution in [-0.4, -0.2) is 5.91 Å². The van der Waals surface area contributed by atoms with E-state index in [1.54, 1.807) is 6.07 Å². The first-order valence-electron chi connectivity index (χ1n) is 5.20. The lowest BCUT2D eigenvalue weighted by atomic mass is 10.2. The van der Waals surface area contributed by atoms with Gasteiger partial charge in [-0.3, -0.25) is 4.79 Å². The van der Waals surface area contributed by atoms with Crippen LogP contribution < -0.4 is 11.1 Å². The third-order valence-electron chi connectivity index (χ3n) is 2.37. The van der Waals surface area contributed by atoms with Crippen LogP contribution in [0, 0.1) is 6.92 Å².